The van der Waals surface area contributed by atoms with Crippen LogP contribution in [0.25, 0.3) is 6.08 Å². The molecule has 1 aliphatic rings. The Morgan fingerprint density at radius 1 is 1.35 bits per heavy atom. The lowest BCUT2D eigenvalue weighted by Crippen LogP contribution is -2.27. The van der Waals surface area contributed by atoms with Gasteiger partial charge in [0.2, 0.25) is 0 Å². The van der Waals surface area contributed by atoms with E-state index in [2.05, 4.69) is 6.58 Å². The summed E-state index contributed by atoms with van der Waals surface area (Å²) in [5.74, 6) is -0.460. The number of carbonyl (C=O) groups excluding carboxylic acids is 2. The summed E-state index contributed by atoms with van der Waals surface area (Å²) in [4.78, 5) is 35.2. The number of imide groups is 1. The Morgan fingerprint density at radius 3 is 2.70 bits per heavy atom. The summed E-state index contributed by atoms with van der Waals surface area (Å²) >= 11 is 0.765. The zero-order valence-electron chi connectivity index (χ0n) is 10.3. The monoisotopic (exact) mass is 290 g/mol. The molecule has 2 amide bonds. The summed E-state index contributed by atoms with van der Waals surface area (Å²) in [6.45, 7) is 3.60. The summed E-state index contributed by atoms with van der Waals surface area (Å²) in [7, 11) is 0. The van der Waals surface area contributed by atoms with Gasteiger partial charge in [0.25, 0.3) is 16.8 Å². The number of para-hydroxylation sites is 1. The molecular formula is C13H10N2O4S. The summed E-state index contributed by atoms with van der Waals surface area (Å²) in [6, 6.07) is 6.05. The van der Waals surface area contributed by atoms with Gasteiger partial charge in [-0.25, -0.2) is 0 Å². The van der Waals surface area contributed by atoms with Gasteiger partial charge in [0, 0.05) is 12.6 Å². The first-order valence-corrected chi connectivity index (χ1v) is 6.46. The molecule has 7 heteroatoms. The molecular weight excluding hydrogens is 280 g/mol. The van der Waals surface area contributed by atoms with Crippen molar-refractivity contribution < 1.29 is 14.5 Å². The second-order valence-electron chi connectivity index (χ2n) is 3.90. The molecule has 0 bridgehead atoms. The average molecular weight is 290 g/mol. The van der Waals surface area contributed by atoms with Crippen molar-refractivity contribution in [2.24, 2.45) is 0 Å². The normalized spacial score (nSPS) is 16.8. The molecule has 0 aromatic heterocycles. The van der Waals surface area contributed by atoms with Gasteiger partial charge in [-0.2, -0.15) is 0 Å². The van der Waals surface area contributed by atoms with Crippen LogP contribution in [0.2, 0.25) is 0 Å². The smallest absolute Gasteiger partial charge is 0.268 e. The Kier molecular flexibility index (Phi) is 3.99. The number of hydrogen-bond donors (Lipinski definition) is 0. The highest BCUT2D eigenvalue weighted by molar-refractivity contribution is 8.18. The van der Waals surface area contributed by atoms with Gasteiger partial charge in [-0.15, -0.1) is 6.58 Å². The molecule has 1 aliphatic heterocycles. The molecule has 20 heavy (non-hydrogen) atoms. The Hall–Kier alpha value is -2.41. The van der Waals surface area contributed by atoms with E-state index in [0.29, 0.717) is 5.56 Å². The quantitative estimate of drug-likeness (QED) is 0.368. The molecule has 6 nitrogen and oxygen atoms in total. The van der Waals surface area contributed by atoms with E-state index in [1.54, 1.807) is 12.1 Å². The highest BCUT2D eigenvalue weighted by Gasteiger charge is 2.34. The highest BCUT2D eigenvalue weighted by atomic mass is 32.2. The molecule has 0 radical (unpaired) electrons. The second kappa shape index (κ2) is 5.70. The van der Waals surface area contributed by atoms with Crippen molar-refractivity contribution in [1.82, 2.24) is 4.90 Å². The number of nitro groups is 1. The van der Waals surface area contributed by atoms with Crippen molar-refractivity contribution in [2.75, 3.05) is 6.54 Å². The minimum Gasteiger partial charge on any atom is -0.268 e. The molecule has 0 N–H and O–H groups in total. The van der Waals surface area contributed by atoms with Crippen molar-refractivity contribution in [2.45, 2.75) is 0 Å². The van der Waals surface area contributed by atoms with Gasteiger partial charge in [0.1, 0.15) is 0 Å². The van der Waals surface area contributed by atoms with Gasteiger partial charge in [-0.05, 0) is 23.9 Å². The first kappa shape index (κ1) is 14.0. The average Bonchev–Trinajstić information content (AvgIpc) is 2.67. The van der Waals surface area contributed by atoms with E-state index >= 15 is 0 Å². The molecule has 0 saturated carbocycles. The number of hydrogen-bond acceptors (Lipinski definition) is 5. The Balaban J connectivity index is 2.38. The van der Waals surface area contributed by atoms with E-state index in [-0.39, 0.29) is 17.1 Å². The van der Waals surface area contributed by atoms with Gasteiger partial charge >= 0.3 is 0 Å². The van der Waals surface area contributed by atoms with Crippen LogP contribution in [0.15, 0.2) is 41.8 Å². The van der Waals surface area contributed by atoms with Crippen molar-refractivity contribution in [3.63, 3.8) is 0 Å². The van der Waals surface area contributed by atoms with Gasteiger partial charge in [-0.3, -0.25) is 24.6 Å². The standard InChI is InChI=1S/C13H10N2O4S/c1-2-7-14-12(16)11(20-13(14)17)8-9-5-3-4-6-10(9)15(18)19/h2-6,8H,1,7H2. The molecule has 0 spiro atoms. The largest absolute Gasteiger partial charge is 0.293 e. The minimum absolute atomic E-state index is 0.108. The van der Waals surface area contributed by atoms with Crippen LogP contribution in [0.1, 0.15) is 5.56 Å². The van der Waals surface area contributed by atoms with Crippen LogP contribution in [0, 0.1) is 10.1 Å². The minimum atomic E-state index is -0.528. The molecule has 1 heterocycles. The molecule has 1 saturated heterocycles. The highest BCUT2D eigenvalue weighted by Crippen LogP contribution is 2.33. The predicted molar refractivity (Wildman–Crippen MR) is 76.0 cm³/mol. The number of rotatable bonds is 4. The molecule has 1 fully saturated rings. The van der Waals surface area contributed by atoms with E-state index < -0.39 is 16.1 Å². The third kappa shape index (κ3) is 2.62. The van der Waals surface area contributed by atoms with E-state index in [1.807, 2.05) is 0 Å². The summed E-state index contributed by atoms with van der Waals surface area (Å²) < 4.78 is 0. The van der Waals surface area contributed by atoms with Gasteiger partial charge < -0.3 is 0 Å². The molecule has 0 unspecified atom stereocenters. The Bertz CT molecular complexity index is 639. The van der Waals surface area contributed by atoms with Gasteiger partial charge in [0.05, 0.1) is 15.4 Å². The summed E-state index contributed by atoms with van der Waals surface area (Å²) in [5, 5.41) is 10.5. The van der Waals surface area contributed by atoms with Crippen molar-refractivity contribution >= 4 is 34.7 Å². The van der Waals surface area contributed by atoms with Crippen LogP contribution in [-0.4, -0.2) is 27.5 Å². The first-order chi connectivity index (χ1) is 9.54. The molecule has 2 rings (SSSR count). The predicted octanol–water partition coefficient (Wildman–Crippen LogP) is 2.82. The fourth-order valence-corrected chi connectivity index (χ4v) is 2.54. The van der Waals surface area contributed by atoms with E-state index in [9.17, 15) is 19.7 Å². The maximum absolute atomic E-state index is 12.0. The number of amides is 2. The number of carbonyl (C=O) groups is 2. The lowest BCUT2D eigenvalue weighted by Gasteiger charge is -2.07. The maximum Gasteiger partial charge on any atom is 0.293 e. The topological polar surface area (TPSA) is 80.5 Å². The third-order valence-electron chi connectivity index (χ3n) is 2.61. The Labute approximate surface area is 118 Å². The van der Waals surface area contributed by atoms with E-state index in [1.165, 1.54) is 24.3 Å². The van der Waals surface area contributed by atoms with Crippen LogP contribution >= 0.6 is 11.8 Å². The Morgan fingerprint density at radius 2 is 2.05 bits per heavy atom. The molecule has 102 valence electrons. The second-order valence-corrected chi connectivity index (χ2v) is 4.89. The lowest BCUT2D eigenvalue weighted by molar-refractivity contribution is -0.385. The lowest BCUT2D eigenvalue weighted by atomic mass is 10.1. The number of nitrogens with zero attached hydrogens (tertiary/aromatic N) is 2. The number of thioether (sulfide) groups is 1. The van der Waals surface area contributed by atoms with Gasteiger partial charge in [-0.1, -0.05) is 18.2 Å². The summed E-state index contributed by atoms with van der Waals surface area (Å²) in [5.41, 5.74) is 0.185. The van der Waals surface area contributed by atoms with E-state index in [0.717, 1.165) is 16.7 Å². The molecule has 1 aromatic rings. The first-order valence-electron chi connectivity index (χ1n) is 5.64. The van der Waals surface area contributed by atoms with E-state index in [4.69, 9.17) is 0 Å². The van der Waals surface area contributed by atoms with Crippen molar-refractivity contribution in [3.05, 3.63) is 57.5 Å². The maximum atomic E-state index is 12.0. The van der Waals surface area contributed by atoms with Crippen LogP contribution in [-0.2, 0) is 4.79 Å². The van der Waals surface area contributed by atoms with Crippen molar-refractivity contribution in [1.29, 1.82) is 0 Å². The molecule has 1 aromatic carbocycles. The van der Waals surface area contributed by atoms with Crippen molar-refractivity contribution in [3.8, 4) is 0 Å². The fourth-order valence-electron chi connectivity index (χ4n) is 1.70. The molecule has 0 atom stereocenters. The fraction of sp³-hybridized carbons (Fsp3) is 0.0769. The summed E-state index contributed by atoms with van der Waals surface area (Å²) in [6.07, 6.45) is 2.82. The zero-order valence-corrected chi connectivity index (χ0v) is 11.1. The SMILES string of the molecule is C=CCN1C(=O)SC(=Cc2ccccc2[N+](=O)[O-])C1=O. The van der Waals surface area contributed by atoms with Crippen LogP contribution in [0.5, 0.6) is 0 Å². The number of nitro benzene ring substituents is 1. The third-order valence-corrected chi connectivity index (χ3v) is 3.51. The van der Waals surface area contributed by atoms with Crippen LogP contribution in [0.4, 0.5) is 10.5 Å². The zero-order chi connectivity index (χ0) is 14.7. The number of benzene rings is 1. The van der Waals surface area contributed by atoms with Crippen LogP contribution in [0.3, 0.4) is 0 Å². The molecule has 0 aliphatic carbocycles. The van der Waals surface area contributed by atoms with Crippen LogP contribution < -0.4 is 0 Å². The van der Waals surface area contributed by atoms with Gasteiger partial charge in [0.15, 0.2) is 0 Å².